The predicted molar refractivity (Wildman–Crippen MR) is 130 cm³/mol. The molecule has 0 saturated carbocycles. The van der Waals surface area contributed by atoms with Gasteiger partial charge in [0.2, 0.25) is 5.95 Å². The lowest BCUT2D eigenvalue weighted by Gasteiger charge is -2.44. The van der Waals surface area contributed by atoms with Gasteiger partial charge in [0, 0.05) is 53.6 Å². The average Bonchev–Trinajstić information content (AvgIpc) is 2.79. The number of rotatable bonds is 3. The number of hydrogen-bond donors (Lipinski definition) is 1. The van der Waals surface area contributed by atoms with Crippen molar-refractivity contribution in [2.24, 2.45) is 0 Å². The van der Waals surface area contributed by atoms with Gasteiger partial charge < -0.3 is 15.0 Å². The first-order chi connectivity index (χ1) is 16.3. The van der Waals surface area contributed by atoms with E-state index in [-0.39, 0.29) is 11.7 Å². The van der Waals surface area contributed by atoms with Gasteiger partial charge >= 0.3 is 0 Å². The van der Waals surface area contributed by atoms with Crippen LogP contribution < -0.4 is 10.1 Å². The van der Waals surface area contributed by atoms with Crippen molar-refractivity contribution in [1.82, 2.24) is 14.9 Å². The Morgan fingerprint density at radius 1 is 1.06 bits per heavy atom. The third-order valence-electron chi connectivity index (χ3n) is 6.36. The van der Waals surface area contributed by atoms with E-state index in [9.17, 15) is 9.59 Å². The van der Waals surface area contributed by atoms with E-state index in [1.165, 1.54) is 0 Å². The second kappa shape index (κ2) is 8.72. The van der Waals surface area contributed by atoms with Gasteiger partial charge in [-0.3, -0.25) is 9.59 Å². The number of likely N-dealkylation sites (tertiary alicyclic amines) is 1. The molecule has 174 valence electrons. The zero-order chi connectivity index (χ0) is 23.9. The predicted octanol–water partition coefficient (Wildman–Crippen LogP) is 5.13. The first kappa shape index (κ1) is 22.3. The smallest absolute Gasteiger partial charge is 0.253 e. The summed E-state index contributed by atoms with van der Waals surface area (Å²) >= 11 is 6.04. The Bertz CT molecular complexity index is 1260. The van der Waals surface area contributed by atoms with E-state index in [0.717, 1.165) is 17.1 Å². The van der Waals surface area contributed by atoms with Crippen LogP contribution in [0.2, 0.25) is 5.02 Å². The third kappa shape index (κ3) is 4.48. The fraction of sp³-hybridized carbons (Fsp3) is 0.308. The monoisotopic (exact) mass is 476 g/mol. The van der Waals surface area contributed by atoms with Gasteiger partial charge in [-0.2, -0.15) is 0 Å². The van der Waals surface area contributed by atoms with Gasteiger partial charge in [0.25, 0.3) is 5.91 Å². The van der Waals surface area contributed by atoms with Crippen LogP contribution >= 0.6 is 11.6 Å². The zero-order valence-corrected chi connectivity index (χ0v) is 19.9. The molecule has 0 atom stereocenters. The first-order valence-electron chi connectivity index (χ1n) is 11.3. The van der Waals surface area contributed by atoms with Gasteiger partial charge in [-0.1, -0.05) is 17.7 Å². The van der Waals surface area contributed by atoms with Crippen molar-refractivity contribution in [2.45, 2.75) is 38.7 Å². The lowest BCUT2D eigenvalue weighted by molar-refractivity contribution is -0.00570. The number of anilines is 2. The number of amides is 1. The molecule has 1 amide bonds. The van der Waals surface area contributed by atoms with E-state index in [2.05, 4.69) is 15.3 Å². The summed E-state index contributed by atoms with van der Waals surface area (Å²) < 4.78 is 6.28. The summed E-state index contributed by atoms with van der Waals surface area (Å²) in [4.78, 5) is 36.6. The number of aryl methyl sites for hydroxylation is 2. The summed E-state index contributed by atoms with van der Waals surface area (Å²) in [7, 11) is 0. The molecule has 1 aromatic heterocycles. The summed E-state index contributed by atoms with van der Waals surface area (Å²) in [5.41, 5.74) is 3.05. The summed E-state index contributed by atoms with van der Waals surface area (Å²) in [6, 6.07) is 14.4. The van der Waals surface area contributed by atoms with Crippen LogP contribution in [0, 0.1) is 13.8 Å². The molecule has 1 saturated heterocycles. The number of benzene rings is 2. The molecule has 1 spiro atoms. The van der Waals surface area contributed by atoms with Crippen molar-refractivity contribution in [3.63, 3.8) is 0 Å². The van der Waals surface area contributed by atoms with Gasteiger partial charge in [0.1, 0.15) is 11.4 Å². The summed E-state index contributed by atoms with van der Waals surface area (Å²) in [6.45, 7) is 4.88. The second-order valence-electron chi connectivity index (χ2n) is 9.00. The Kier molecular flexibility index (Phi) is 5.73. The number of Topliss-reactive ketones (excluding diaryl/α,β-unsaturated/α-hetero) is 1. The number of carbonyl (C=O) groups excluding carboxylic acids is 2. The van der Waals surface area contributed by atoms with E-state index in [0.29, 0.717) is 60.2 Å². The van der Waals surface area contributed by atoms with Crippen LogP contribution in [0.1, 0.15) is 51.4 Å². The molecule has 0 bridgehead atoms. The van der Waals surface area contributed by atoms with Gasteiger partial charge in [0.05, 0.1) is 12.0 Å². The van der Waals surface area contributed by atoms with Crippen LogP contribution in [-0.2, 0) is 0 Å². The second-order valence-corrected chi connectivity index (χ2v) is 9.43. The number of ketones is 1. The average molecular weight is 477 g/mol. The molecule has 8 heteroatoms. The van der Waals surface area contributed by atoms with Crippen molar-refractivity contribution in [3.05, 3.63) is 76.1 Å². The van der Waals surface area contributed by atoms with E-state index in [4.69, 9.17) is 16.3 Å². The van der Waals surface area contributed by atoms with Gasteiger partial charge in [-0.05, 0) is 56.3 Å². The third-order valence-corrected chi connectivity index (χ3v) is 6.60. The Labute approximate surface area is 203 Å². The molecular weight excluding hydrogens is 452 g/mol. The number of fused-ring (bicyclic) bond motifs is 1. The molecule has 1 fully saturated rings. The highest BCUT2D eigenvalue weighted by atomic mass is 35.5. The normalized spacial score (nSPS) is 16.7. The summed E-state index contributed by atoms with van der Waals surface area (Å²) in [5, 5.41) is 3.71. The van der Waals surface area contributed by atoms with E-state index in [1.54, 1.807) is 24.3 Å². The number of carbonyl (C=O) groups is 2. The van der Waals surface area contributed by atoms with Crippen molar-refractivity contribution in [3.8, 4) is 5.75 Å². The lowest BCUT2D eigenvalue weighted by atomic mass is 9.82. The molecule has 0 radical (unpaired) electrons. The summed E-state index contributed by atoms with van der Waals surface area (Å²) in [5.74, 6) is 1.07. The Hall–Kier alpha value is -3.45. The fourth-order valence-corrected chi connectivity index (χ4v) is 4.86. The van der Waals surface area contributed by atoms with Crippen molar-refractivity contribution in [2.75, 3.05) is 18.4 Å². The van der Waals surface area contributed by atoms with E-state index < -0.39 is 5.60 Å². The van der Waals surface area contributed by atoms with Crippen LogP contribution in [-0.4, -0.2) is 45.2 Å². The quantitative estimate of drug-likeness (QED) is 0.564. The lowest BCUT2D eigenvalue weighted by Crippen LogP contribution is -2.52. The zero-order valence-electron chi connectivity index (χ0n) is 19.1. The van der Waals surface area contributed by atoms with Crippen LogP contribution in [0.3, 0.4) is 0 Å². The number of nitrogens with zero attached hydrogens (tertiary/aromatic N) is 3. The molecule has 2 aromatic carbocycles. The van der Waals surface area contributed by atoms with E-state index in [1.807, 2.05) is 43.0 Å². The molecule has 34 heavy (non-hydrogen) atoms. The molecule has 2 aliphatic rings. The minimum Gasteiger partial charge on any atom is -0.486 e. The van der Waals surface area contributed by atoms with Crippen molar-refractivity contribution < 1.29 is 14.3 Å². The minimum atomic E-state index is -0.571. The highest BCUT2D eigenvalue weighted by Crippen LogP contribution is 2.40. The molecule has 1 N–H and O–H groups in total. The highest BCUT2D eigenvalue weighted by molar-refractivity contribution is 6.31. The molecule has 5 rings (SSSR count). The van der Waals surface area contributed by atoms with Crippen molar-refractivity contribution in [1.29, 1.82) is 0 Å². The topological polar surface area (TPSA) is 84.4 Å². The number of hydrogen-bond acceptors (Lipinski definition) is 6. The van der Waals surface area contributed by atoms with Crippen LogP contribution in [0.15, 0.2) is 48.5 Å². The highest BCUT2D eigenvalue weighted by Gasteiger charge is 2.43. The maximum atomic E-state index is 13.2. The number of piperidine rings is 1. The molecular formula is C26H25ClN4O3. The summed E-state index contributed by atoms with van der Waals surface area (Å²) in [6.07, 6.45) is 1.50. The maximum absolute atomic E-state index is 13.2. The molecule has 3 heterocycles. The fourth-order valence-electron chi connectivity index (χ4n) is 4.69. The molecule has 0 unspecified atom stereocenters. The maximum Gasteiger partial charge on any atom is 0.253 e. The number of halogens is 1. The largest absolute Gasteiger partial charge is 0.486 e. The molecule has 0 aliphatic carbocycles. The SMILES string of the molecule is Cc1cc(C)nc(Nc2cccc(C(=O)N3CCC4(CC3)CC(=O)c3cc(Cl)ccc3O4)c2)n1. The Morgan fingerprint density at radius 3 is 2.53 bits per heavy atom. The molecule has 3 aromatic rings. The van der Waals surface area contributed by atoms with Crippen molar-refractivity contribution >= 4 is 34.9 Å². The molecule has 7 nitrogen and oxygen atoms in total. The van der Waals surface area contributed by atoms with Crippen LogP contribution in [0.25, 0.3) is 0 Å². The number of ether oxygens (including phenoxy) is 1. The molecule has 2 aliphatic heterocycles. The Balaban J connectivity index is 1.27. The minimum absolute atomic E-state index is 0.0379. The van der Waals surface area contributed by atoms with E-state index >= 15 is 0 Å². The van der Waals surface area contributed by atoms with Crippen LogP contribution in [0.4, 0.5) is 11.6 Å². The van der Waals surface area contributed by atoms with Gasteiger partial charge in [0.15, 0.2) is 5.78 Å². The number of aromatic nitrogens is 2. The first-order valence-corrected chi connectivity index (χ1v) is 11.7. The standard InChI is InChI=1S/C26H25ClN4O3/c1-16-12-17(2)29-25(28-16)30-20-5-3-4-18(13-20)24(33)31-10-8-26(9-11-31)15-22(32)21-14-19(27)6-7-23(21)34-26/h3-7,12-14H,8-11,15H2,1-2H3,(H,28,29,30). The van der Waals surface area contributed by atoms with Gasteiger partial charge in [-0.15, -0.1) is 0 Å². The van der Waals surface area contributed by atoms with Gasteiger partial charge in [-0.25, -0.2) is 9.97 Å². The number of nitrogens with one attached hydrogen (secondary N) is 1. The van der Waals surface area contributed by atoms with Crippen LogP contribution in [0.5, 0.6) is 5.75 Å². The Morgan fingerprint density at radius 2 is 1.79 bits per heavy atom.